The molecule has 100 valence electrons. The normalized spacial score (nSPS) is 20.2. The van der Waals surface area contributed by atoms with Crippen LogP contribution in [-0.2, 0) is 9.59 Å². The third-order valence-corrected chi connectivity index (χ3v) is 2.19. The molecule has 0 aromatic rings. The van der Waals surface area contributed by atoms with Crippen LogP contribution in [0, 0.1) is 0 Å². The van der Waals surface area contributed by atoms with Gasteiger partial charge in [0.25, 0.3) is 0 Å². The maximum absolute atomic E-state index is 11.3. The van der Waals surface area contributed by atoms with Gasteiger partial charge in [-0.3, -0.25) is 9.59 Å². The topological polar surface area (TPSA) is 161 Å². The Labute approximate surface area is 97.3 Å². The number of carbonyl (C=O) groups is 2. The SMILES string of the molecule is C[C@H](N)C(O)C(O)C(=O)C(=O)[C@H](O)[C@H](O)CO. The molecule has 0 aromatic carbocycles. The fourth-order valence-electron chi connectivity index (χ4n) is 1.01. The van der Waals surface area contributed by atoms with Crippen LogP contribution in [0.15, 0.2) is 0 Å². The lowest BCUT2D eigenvalue weighted by molar-refractivity contribution is -0.153. The number of Topliss-reactive ketones (excluding diaryl/α,β-unsaturated/α-hetero) is 2. The molecule has 0 radical (unpaired) electrons. The summed E-state index contributed by atoms with van der Waals surface area (Å²) in [4.78, 5) is 22.5. The summed E-state index contributed by atoms with van der Waals surface area (Å²) in [7, 11) is 0. The Bertz CT molecular complexity index is 281. The molecule has 0 spiro atoms. The summed E-state index contributed by atoms with van der Waals surface area (Å²) >= 11 is 0. The van der Waals surface area contributed by atoms with Crippen molar-refractivity contribution in [3.63, 3.8) is 0 Å². The Morgan fingerprint density at radius 3 is 1.82 bits per heavy atom. The van der Waals surface area contributed by atoms with Crippen molar-refractivity contribution in [1.82, 2.24) is 0 Å². The predicted octanol–water partition coefficient (Wildman–Crippen LogP) is -4.09. The van der Waals surface area contributed by atoms with Crippen LogP contribution in [0.2, 0.25) is 0 Å². The molecule has 0 amide bonds. The predicted molar refractivity (Wildman–Crippen MR) is 54.8 cm³/mol. The van der Waals surface area contributed by atoms with Crippen molar-refractivity contribution in [2.45, 2.75) is 37.4 Å². The molecule has 5 atom stereocenters. The minimum atomic E-state index is -2.15. The molecule has 0 saturated heterocycles. The van der Waals surface area contributed by atoms with E-state index in [1.807, 2.05) is 0 Å². The molecule has 7 N–H and O–H groups in total. The highest BCUT2D eigenvalue weighted by Gasteiger charge is 2.36. The second kappa shape index (κ2) is 6.74. The lowest BCUT2D eigenvalue weighted by Gasteiger charge is -2.21. The van der Waals surface area contributed by atoms with Crippen molar-refractivity contribution in [1.29, 1.82) is 0 Å². The van der Waals surface area contributed by atoms with Gasteiger partial charge in [-0.1, -0.05) is 0 Å². The lowest BCUT2D eigenvalue weighted by Crippen LogP contribution is -2.51. The second-order valence-electron chi connectivity index (χ2n) is 3.72. The number of hydrogen-bond donors (Lipinski definition) is 6. The van der Waals surface area contributed by atoms with E-state index in [1.165, 1.54) is 6.92 Å². The third kappa shape index (κ3) is 4.11. The molecule has 0 heterocycles. The summed E-state index contributed by atoms with van der Waals surface area (Å²) in [6.07, 6.45) is -7.72. The molecular weight excluding hydrogens is 234 g/mol. The zero-order valence-electron chi connectivity index (χ0n) is 9.22. The molecule has 8 nitrogen and oxygen atoms in total. The first-order chi connectivity index (χ1) is 7.73. The molecular formula is C9H17NO7. The zero-order chi connectivity index (χ0) is 13.7. The van der Waals surface area contributed by atoms with Crippen LogP contribution in [0.25, 0.3) is 0 Å². The van der Waals surface area contributed by atoms with Crippen molar-refractivity contribution in [2.75, 3.05) is 6.61 Å². The largest absolute Gasteiger partial charge is 0.394 e. The third-order valence-electron chi connectivity index (χ3n) is 2.19. The van der Waals surface area contributed by atoms with Crippen molar-refractivity contribution >= 4 is 11.6 Å². The molecule has 0 fully saturated rings. The standard InChI is InChI=1S/C9H17NO7/c1-3(10)5(13)7(15)9(17)8(16)6(14)4(12)2-11/h3-7,11-15H,2,10H2,1H3/t3-,4+,5?,6+,7?/m0/s1. The van der Waals surface area contributed by atoms with Crippen LogP contribution in [0.1, 0.15) is 6.92 Å². The van der Waals surface area contributed by atoms with Gasteiger partial charge < -0.3 is 31.3 Å². The monoisotopic (exact) mass is 251 g/mol. The summed E-state index contributed by atoms with van der Waals surface area (Å²) in [5, 5.41) is 45.0. The summed E-state index contributed by atoms with van der Waals surface area (Å²) in [6, 6.07) is -0.957. The highest BCUT2D eigenvalue weighted by Crippen LogP contribution is 2.04. The van der Waals surface area contributed by atoms with Crippen molar-refractivity contribution in [3.05, 3.63) is 0 Å². The smallest absolute Gasteiger partial charge is 0.232 e. The summed E-state index contributed by atoms with van der Waals surface area (Å²) in [6.45, 7) is 0.386. The number of aliphatic hydroxyl groups excluding tert-OH is 5. The van der Waals surface area contributed by atoms with E-state index in [4.69, 9.17) is 21.1 Å². The van der Waals surface area contributed by atoms with Crippen LogP contribution in [0.5, 0.6) is 0 Å². The zero-order valence-corrected chi connectivity index (χ0v) is 9.22. The minimum absolute atomic E-state index is 0.924. The van der Waals surface area contributed by atoms with Gasteiger partial charge in [-0.25, -0.2) is 0 Å². The van der Waals surface area contributed by atoms with Gasteiger partial charge in [0, 0.05) is 6.04 Å². The molecule has 2 unspecified atom stereocenters. The fraction of sp³-hybridized carbons (Fsp3) is 0.778. The van der Waals surface area contributed by atoms with Gasteiger partial charge in [0.05, 0.1) is 6.61 Å². The van der Waals surface area contributed by atoms with Gasteiger partial charge in [0.1, 0.15) is 24.4 Å². The van der Waals surface area contributed by atoms with Gasteiger partial charge in [0.15, 0.2) is 0 Å². The fourth-order valence-corrected chi connectivity index (χ4v) is 1.01. The van der Waals surface area contributed by atoms with Gasteiger partial charge in [-0.05, 0) is 6.92 Å². The number of carbonyl (C=O) groups excluding carboxylic acids is 2. The average molecular weight is 251 g/mol. The highest BCUT2D eigenvalue weighted by molar-refractivity contribution is 6.40. The van der Waals surface area contributed by atoms with Gasteiger partial charge in [-0.2, -0.15) is 0 Å². The van der Waals surface area contributed by atoms with Gasteiger partial charge in [0.2, 0.25) is 11.6 Å². The molecule has 0 aliphatic carbocycles. The van der Waals surface area contributed by atoms with Crippen LogP contribution in [0.3, 0.4) is 0 Å². The first kappa shape index (κ1) is 16.1. The average Bonchev–Trinajstić information content (AvgIpc) is 2.32. The Balaban J connectivity index is 4.65. The molecule has 17 heavy (non-hydrogen) atoms. The molecule has 8 heteroatoms. The van der Waals surface area contributed by atoms with E-state index >= 15 is 0 Å². The van der Waals surface area contributed by atoms with E-state index in [2.05, 4.69) is 0 Å². The minimum Gasteiger partial charge on any atom is -0.394 e. The van der Waals surface area contributed by atoms with E-state index in [1.54, 1.807) is 0 Å². The van der Waals surface area contributed by atoms with E-state index in [0.717, 1.165) is 0 Å². The number of hydrogen-bond acceptors (Lipinski definition) is 8. The number of rotatable bonds is 7. The maximum Gasteiger partial charge on any atom is 0.232 e. The molecule has 0 aromatic heterocycles. The van der Waals surface area contributed by atoms with Crippen LogP contribution >= 0.6 is 0 Å². The first-order valence-corrected chi connectivity index (χ1v) is 4.90. The number of ketones is 2. The highest BCUT2D eigenvalue weighted by atomic mass is 16.4. The quantitative estimate of drug-likeness (QED) is 0.249. The molecule has 0 rings (SSSR count). The lowest BCUT2D eigenvalue weighted by atomic mass is 9.97. The van der Waals surface area contributed by atoms with Gasteiger partial charge in [-0.15, -0.1) is 0 Å². The summed E-state index contributed by atoms with van der Waals surface area (Å²) < 4.78 is 0. The molecule has 0 bridgehead atoms. The molecule has 0 aliphatic rings. The summed E-state index contributed by atoms with van der Waals surface area (Å²) in [5.41, 5.74) is 5.21. The Hall–Kier alpha value is -0.900. The molecule has 0 saturated carbocycles. The maximum atomic E-state index is 11.3. The van der Waals surface area contributed by atoms with Crippen LogP contribution in [0.4, 0.5) is 0 Å². The van der Waals surface area contributed by atoms with Crippen LogP contribution in [-0.4, -0.2) is 74.2 Å². The van der Waals surface area contributed by atoms with E-state index in [0.29, 0.717) is 0 Å². The Kier molecular flexibility index (Phi) is 6.39. The Morgan fingerprint density at radius 1 is 1.06 bits per heavy atom. The summed E-state index contributed by atoms with van der Waals surface area (Å²) in [5.74, 6) is -2.98. The first-order valence-electron chi connectivity index (χ1n) is 4.90. The molecule has 0 aliphatic heterocycles. The van der Waals surface area contributed by atoms with Crippen LogP contribution < -0.4 is 5.73 Å². The van der Waals surface area contributed by atoms with E-state index < -0.39 is 48.6 Å². The second-order valence-corrected chi connectivity index (χ2v) is 3.72. The number of aliphatic hydroxyl groups is 5. The van der Waals surface area contributed by atoms with Gasteiger partial charge >= 0.3 is 0 Å². The van der Waals surface area contributed by atoms with E-state index in [-0.39, 0.29) is 0 Å². The van der Waals surface area contributed by atoms with Crippen molar-refractivity contribution < 1.29 is 35.1 Å². The number of nitrogens with two attached hydrogens (primary N) is 1. The van der Waals surface area contributed by atoms with E-state index in [9.17, 15) is 19.8 Å². The Morgan fingerprint density at radius 2 is 1.47 bits per heavy atom. The van der Waals surface area contributed by atoms with Crippen molar-refractivity contribution in [2.24, 2.45) is 5.73 Å². The van der Waals surface area contributed by atoms with Crippen molar-refractivity contribution in [3.8, 4) is 0 Å².